The molecule has 5 nitrogen and oxygen atoms in total. The predicted octanol–water partition coefficient (Wildman–Crippen LogP) is 0.990. The van der Waals surface area contributed by atoms with E-state index in [0.29, 0.717) is 11.5 Å². The second-order valence-electron chi connectivity index (χ2n) is 4.59. The summed E-state index contributed by atoms with van der Waals surface area (Å²) in [5.41, 5.74) is 6.08. The van der Waals surface area contributed by atoms with E-state index in [9.17, 15) is 4.79 Å². The third kappa shape index (κ3) is 4.16. The zero-order valence-electron chi connectivity index (χ0n) is 9.87. The molecule has 1 amide bonds. The lowest BCUT2D eigenvalue weighted by Gasteiger charge is -2.20. The number of nitrogens with zero attached hydrogens (tertiary/aromatic N) is 1. The lowest BCUT2D eigenvalue weighted by atomic mass is 10.1. The van der Waals surface area contributed by atoms with Gasteiger partial charge in [-0.1, -0.05) is 0 Å². The molecule has 0 radical (unpaired) electrons. The maximum Gasteiger partial charge on any atom is 0.239 e. The smallest absolute Gasteiger partial charge is 0.239 e. The molecule has 0 saturated carbocycles. The Morgan fingerprint density at radius 3 is 2.75 bits per heavy atom. The van der Waals surface area contributed by atoms with Gasteiger partial charge in [-0.15, -0.1) is 0 Å². The van der Waals surface area contributed by atoms with Gasteiger partial charge in [0.15, 0.2) is 0 Å². The highest BCUT2D eigenvalue weighted by molar-refractivity contribution is 5.82. The van der Waals surface area contributed by atoms with Gasteiger partial charge in [0.05, 0.1) is 12.2 Å². The number of pyridine rings is 1. The van der Waals surface area contributed by atoms with Crippen LogP contribution < -0.4 is 16.4 Å². The van der Waals surface area contributed by atoms with Crippen molar-refractivity contribution in [2.24, 2.45) is 0 Å². The second-order valence-corrected chi connectivity index (χ2v) is 4.59. The molecule has 5 heteroatoms. The zero-order chi connectivity index (χ0) is 12.2. The van der Waals surface area contributed by atoms with Crippen LogP contribution in [0.3, 0.4) is 0 Å². The minimum atomic E-state index is -0.223. The molecule has 0 fully saturated rings. The molecule has 1 heterocycles. The van der Waals surface area contributed by atoms with E-state index in [-0.39, 0.29) is 18.0 Å². The second kappa shape index (κ2) is 4.83. The van der Waals surface area contributed by atoms with Gasteiger partial charge in [-0.05, 0) is 32.9 Å². The molecule has 0 aliphatic carbocycles. The maximum atomic E-state index is 11.5. The Morgan fingerprint density at radius 1 is 1.50 bits per heavy atom. The Hall–Kier alpha value is -1.78. The molecule has 0 unspecified atom stereocenters. The number of nitrogen functional groups attached to an aromatic ring is 1. The van der Waals surface area contributed by atoms with Crippen molar-refractivity contribution in [3.05, 3.63) is 18.3 Å². The van der Waals surface area contributed by atoms with Crippen molar-refractivity contribution in [2.75, 3.05) is 17.6 Å². The summed E-state index contributed by atoms with van der Waals surface area (Å²) in [6.45, 7) is 5.99. The van der Waals surface area contributed by atoms with Crippen molar-refractivity contribution < 1.29 is 4.79 Å². The van der Waals surface area contributed by atoms with Crippen LogP contribution in [0.15, 0.2) is 18.3 Å². The first-order chi connectivity index (χ1) is 7.38. The summed E-state index contributed by atoms with van der Waals surface area (Å²) in [7, 11) is 0. The van der Waals surface area contributed by atoms with Crippen LogP contribution >= 0.6 is 0 Å². The Labute approximate surface area is 95.4 Å². The Balaban J connectivity index is 2.47. The van der Waals surface area contributed by atoms with Crippen molar-refractivity contribution in [1.29, 1.82) is 0 Å². The monoisotopic (exact) mass is 222 g/mol. The summed E-state index contributed by atoms with van der Waals surface area (Å²) in [4.78, 5) is 15.4. The molecule has 0 bridgehead atoms. The van der Waals surface area contributed by atoms with Crippen LogP contribution in [0.4, 0.5) is 11.5 Å². The molecular formula is C11H18N4O. The van der Waals surface area contributed by atoms with Gasteiger partial charge in [-0.2, -0.15) is 0 Å². The van der Waals surface area contributed by atoms with Gasteiger partial charge >= 0.3 is 0 Å². The van der Waals surface area contributed by atoms with Crippen LogP contribution in [-0.4, -0.2) is 23.0 Å². The number of hydrogen-bond acceptors (Lipinski definition) is 4. The highest BCUT2D eigenvalue weighted by atomic mass is 16.2. The van der Waals surface area contributed by atoms with Crippen LogP contribution in [0.2, 0.25) is 0 Å². The van der Waals surface area contributed by atoms with Crippen molar-refractivity contribution in [1.82, 2.24) is 10.3 Å². The molecule has 0 aliphatic heterocycles. The molecule has 1 aromatic heterocycles. The third-order valence-corrected chi connectivity index (χ3v) is 1.79. The van der Waals surface area contributed by atoms with Crippen molar-refractivity contribution >= 4 is 17.4 Å². The first kappa shape index (κ1) is 12.3. The molecule has 4 N–H and O–H groups in total. The van der Waals surface area contributed by atoms with Gasteiger partial charge in [0.2, 0.25) is 5.91 Å². The standard InChI is InChI=1S/C11H18N4O/c1-11(2,3)15-9(16)7-14-8-5-4-6-13-10(8)12/h4-6,14H,7H2,1-3H3,(H2,12,13)(H,15,16). The Morgan fingerprint density at radius 2 is 2.19 bits per heavy atom. The van der Waals surface area contributed by atoms with Crippen molar-refractivity contribution in [3.8, 4) is 0 Å². The van der Waals surface area contributed by atoms with Crippen LogP contribution in [-0.2, 0) is 4.79 Å². The van der Waals surface area contributed by atoms with Gasteiger partial charge in [-0.25, -0.2) is 4.98 Å². The number of amides is 1. The van der Waals surface area contributed by atoms with Gasteiger partial charge < -0.3 is 16.4 Å². The summed E-state index contributed by atoms with van der Waals surface area (Å²) in [5, 5.41) is 5.78. The number of aromatic nitrogens is 1. The predicted molar refractivity (Wildman–Crippen MR) is 65.0 cm³/mol. The van der Waals surface area contributed by atoms with Crippen LogP contribution in [0.5, 0.6) is 0 Å². The van der Waals surface area contributed by atoms with Crippen LogP contribution in [0, 0.1) is 0 Å². The SMILES string of the molecule is CC(C)(C)NC(=O)CNc1cccnc1N. The number of anilines is 2. The van der Waals surface area contributed by atoms with E-state index >= 15 is 0 Å². The fourth-order valence-corrected chi connectivity index (χ4v) is 1.20. The van der Waals surface area contributed by atoms with Gasteiger partial charge in [0.25, 0.3) is 0 Å². The first-order valence-electron chi connectivity index (χ1n) is 5.14. The quantitative estimate of drug-likeness (QED) is 0.712. The third-order valence-electron chi connectivity index (χ3n) is 1.79. The van der Waals surface area contributed by atoms with E-state index in [1.807, 2.05) is 20.8 Å². The van der Waals surface area contributed by atoms with Crippen LogP contribution in [0.1, 0.15) is 20.8 Å². The minimum Gasteiger partial charge on any atom is -0.382 e. The highest BCUT2D eigenvalue weighted by Crippen LogP contribution is 2.12. The van der Waals surface area contributed by atoms with E-state index in [1.165, 1.54) is 0 Å². The van der Waals surface area contributed by atoms with E-state index < -0.39 is 0 Å². The van der Waals surface area contributed by atoms with Crippen molar-refractivity contribution in [2.45, 2.75) is 26.3 Å². The fraction of sp³-hybridized carbons (Fsp3) is 0.455. The number of nitrogens with two attached hydrogens (primary N) is 1. The largest absolute Gasteiger partial charge is 0.382 e. The topological polar surface area (TPSA) is 80.0 Å². The van der Waals surface area contributed by atoms with Gasteiger partial charge in [0.1, 0.15) is 5.82 Å². The lowest BCUT2D eigenvalue weighted by molar-refractivity contribution is -0.120. The molecule has 1 aromatic rings. The number of nitrogens with one attached hydrogen (secondary N) is 2. The molecule has 16 heavy (non-hydrogen) atoms. The first-order valence-corrected chi connectivity index (χ1v) is 5.14. The minimum absolute atomic E-state index is 0.0734. The molecule has 88 valence electrons. The maximum absolute atomic E-state index is 11.5. The fourth-order valence-electron chi connectivity index (χ4n) is 1.20. The summed E-state index contributed by atoms with van der Waals surface area (Å²) in [6.07, 6.45) is 1.61. The Kier molecular flexibility index (Phi) is 3.71. The summed E-state index contributed by atoms with van der Waals surface area (Å²) in [6, 6.07) is 3.55. The molecule has 1 rings (SSSR count). The Bertz CT molecular complexity index is 370. The average Bonchev–Trinajstić information content (AvgIpc) is 2.14. The highest BCUT2D eigenvalue weighted by Gasteiger charge is 2.13. The van der Waals surface area contributed by atoms with Crippen molar-refractivity contribution in [3.63, 3.8) is 0 Å². The zero-order valence-corrected chi connectivity index (χ0v) is 9.87. The van der Waals surface area contributed by atoms with E-state index in [0.717, 1.165) is 0 Å². The van der Waals surface area contributed by atoms with Crippen LogP contribution in [0.25, 0.3) is 0 Å². The van der Waals surface area contributed by atoms with Gasteiger partial charge in [0, 0.05) is 11.7 Å². The number of carbonyl (C=O) groups is 1. The van der Waals surface area contributed by atoms with E-state index in [1.54, 1.807) is 18.3 Å². The lowest BCUT2D eigenvalue weighted by Crippen LogP contribution is -2.43. The summed E-state index contributed by atoms with van der Waals surface area (Å²) in [5.74, 6) is 0.321. The molecule has 0 aliphatic rings. The number of carbonyl (C=O) groups excluding carboxylic acids is 1. The molecule has 0 saturated heterocycles. The number of rotatable bonds is 3. The summed E-state index contributed by atoms with van der Waals surface area (Å²) >= 11 is 0. The normalized spacial score (nSPS) is 10.9. The molecular weight excluding hydrogens is 204 g/mol. The average molecular weight is 222 g/mol. The molecule has 0 spiro atoms. The van der Waals surface area contributed by atoms with E-state index in [2.05, 4.69) is 15.6 Å². The molecule has 0 aromatic carbocycles. The molecule has 0 atom stereocenters. The van der Waals surface area contributed by atoms with Gasteiger partial charge in [-0.3, -0.25) is 4.79 Å². The summed E-state index contributed by atoms with van der Waals surface area (Å²) < 4.78 is 0. The number of hydrogen-bond donors (Lipinski definition) is 3. The van der Waals surface area contributed by atoms with E-state index in [4.69, 9.17) is 5.73 Å².